The molecule has 2 aromatic carbocycles. The van der Waals surface area contributed by atoms with Crippen molar-refractivity contribution in [2.45, 2.75) is 13.1 Å². The Hall–Kier alpha value is -2.40. The van der Waals surface area contributed by atoms with Gasteiger partial charge in [0.05, 0.1) is 0 Å². The number of urea groups is 1. The summed E-state index contributed by atoms with van der Waals surface area (Å²) in [5, 5.41) is 5.28. The van der Waals surface area contributed by atoms with Crippen LogP contribution in [0.5, 0.6) is 0 Å². The molecule has 20 heavy (non-hydrogen) atoms. The fourth-order valence-electron chi connectivity index (χ4n) is 1.77. The number of carbonyl (C=O) groups is 1. The molecule has 0 aliphatic carbocycles. The molecule has 4 N–H and O–H groups in total. The summed E-state index contributed by atoms with van der Waals surface area (Å²) in [6.07, 6.45) is 0. The Morgan fingerprint density at radius 2 is 1.95 bits per heavy atom. The topological polar surface area (TPSA) is 67.1 Å². The molecule has 2 amide bonds. The van der Waals surface area contributed by atoms with Gasteiger partial charge in [0.1, 0.15) is 5.82 Å². The molecule has 5 heteroatoms. The normalized spacial score (nSPS) is 10.1. The smallest absolute Gasteiger partial charge is 0.319 e. The van der Waals surface area contributed by atoms with E-state index in [4.69, 9.17) is 5.73 Å². The van der Waals surface area contributed by atoms with Gasteiger partial charge in [0.15, 0.2) is 0 Å². The number of nitrogens with two attached hydrogens (primary N) is 1. The van der Waals surface area contributed by atoms with Gasteiger partial charge < -0.3 is 16.4 Å². The molecule has 0 atom stereocenters. The van der Waals surface area contributed by atoms with Crippen molar-refractivity contribution >= 4 is 11.7 Å². The first-order valence-electron chi connectivity index (χ1n) is 6.26. The minimum absolute atomic E-state index is 0.134. The maximum absolute atomic E-state index is 13.4. The van der Waals surface area contributed by atoms with Gasteiger partial charge in [-0.05, 0) is 23.8 Å². The van der Waals surface area contributed by atoms with Crippen molar-refractivity contribution < 1.29 is 9.18 Å². The number of nitrogens with one attached hydrogen (secondary N) is 2. The zero-order valence-electron chi connectivity index (χ0n) is 10.9. The number of amides is 2. The van der Waals surface area contributed by atoms with Crippen LogP contribution in [0.3, 0.4) is 0 Å². The summed E-state index contributed by atoms with van der Waals surface area (Å²) >= 11 is 0. The molecule has 104 valence electrons. The SMILES string of the molecule is NCc1cccc(NC(=O)NCc2ccccc2F)c1. The van der Waals surface area contributed by atoms with Crippen molar-refractivity contribution in [3.8, 4) is 0 Å². The highest BCUT2D eigenvalue weighted by atomic mass is 19.1. The van der Waals surface area contributed by atoms with Gasteiger partial charge in [-0.1, -0.05) is 30.3 Å². The van der Waals surface area contributed by atoms with E-state index >= 15 is 0 Å². The van der Waals surface area contributed by atoms with Crippen molar-refractivity contribution in [1.82, 2.24) is 5.32 Å². The first-order valence-corrected chi connectivity index (χ1v) is 6.26. The largest absolute Gasteiger partial charge is 0.334 e. The molecule has 0 heterocycles. The molecule has 0 spiro atoms. The maximum atomic E-state index is 13.4. The molecule has 4 nitrogen and oxygen atoms in total. The number of rotatable bonds is 4. The molecular weight excluding hydrogens is 257 g/mol. The van der Waals surface area contributed by atoms with Crippen LogP contribution in [0.25, 0.3) is 0 Å². The summed E-state index contributed by atoms with van der Waals surface area (Å²) in [6, 6.07) is 13.2. The lowest BCUT2D eigenvalue weighted by Gasteiger charge is -2.09. The van der Waals surface area contributed by atoms with Crippen molar-refractivity contribution in [2.75, 3.05) is 5.32 Å². The van der Waals surface area contributed by atoms with Crippen LogP contribution in [0.4, 0.5) is 14.9 Å². The van der Waals surface area contributed by atoms with Crippen LogP contribution in [-0.2, 0) is 13.1 Å². The first-order chi connectivity index (χ1) is 9.69. The Morgan fingerprint density at radius 3 is 2.70 bits per heavy atom. The average molecular weight is 273 g/mol. The summed E-state index contributed by atoms with van der Waals surface area (Å²) in [4.78, 5) is 11.7. The molecule has 0 aliphatic rings. The Balaban J connectivity index is 1.91. The molecule has 0 aliphatic heterocycles. The third-order valence-electron chi connectivity index (χ3n) is 2.82. The maximum Gasteiger partial charge on any atom is 0.319 e. The Kier molecular flexibility index (Phi) is 4.68. The lowest BCUT2D eigenvalue weighted by atomic mass is 10.2. The van der Waals surface area contributed by atoms with E-state index in [1.807, 2.05) is 12.1 Å². The number of carbonyl (C=O) groups excluding carboxylic acids is 1. The second kappa shape index (κ2) is 6.68. The molecule has 0 aromatic heterocycles. The predicted molar refractivity (Wildman–Crippen MR) is 76.6 cm³/mol. The van der Waals surface area contributed by atoms with Gasteiger partial charge in [0.25, 0.3) is 0 Å². The molecule has 2 rings (SSSR count). The second-order valence-corrected chi connectivity index (χ2v) is 4.30. The zero-order chi connectivity index (χ0) is 14.4. The lowest BCUT2D eigenvalue weighted by Crippen LogP contribution is -2.28. The fourth-order valence-corrected chi connectivity index (χ4v) is 1.77. The van der Waals surface area contributed by atoms with Gasteiger partial charge in [-0.25, -0.2) is 9.18 Å². The summed E-state index contributed by atoms with van der Waals surface area (Å²) in [7, 11) is 0. The highest BCUT2D eigenvalue weighted by Crippen LogP contribution is 2.10. The summed E-state index contributed by atoms with van der Waals surface area (Å²) in [5.41, 5.74) is 7.55. The average Bonchev–Trinajstić information content (AvgIpc) is 2.46. The molecule has 0 fully saturated rings. The standard InChI is InChI=1S/C15H16FN3O/c16-14-7-2-1-5-12(14)10-18-15(20)19-13-6-3-4-11(8-13)9-17/h1-8H,9-10,17H2,(H2,18,19,20). The van der Waals surface area contributed by atoms with Gasteiger partial charge in [0.2, 0.25) is 0 Å². The summed E-state index contributed by atoms with van der Waals surface area (Å²) in [6.45, 7) is 0.543. The van der Waals surface area contributed by atoms with Crippen LogP contribution >= 0.6 is 0 Å². The van der Waals surface area contributed by atoms with E-state index in [1.165, 1.54) is 6.07 Å². The van der Waals surface area contributed by atoms with Gasteiger partial charge in [-0.15, -0.1) is 0 Å². The zero-order valence-corrected chi connectivity index (χ0v) is 10.9. The van der Waals surface area contributed by atoms with E-state index in [-0.39, 0.29) is 18.4 Å². The first kappa shape index (κ1) is 14.0. The van der Waals surface area contributed by atoms with Crippen LogP contribution < -0.4 is 16.4 Å². The molecule has 0 radical (unpaired) electrons. The van der Waals surface area contributed by atoms with E-state index in [9.17, 15) is 9.18 Å². The third-order valence-corrected chi connectivity index (χ3v) is 2.82. The Bertz CT molecular complexity index is 601. The minimum Gasteiger partial charge on any atom is -0.334 e. The number of hydrogen-bond donors (Lipinski definition) is 3. The molecule has 0 saturated heterocycles. The quantitative estimate of drug-likeness (QED) is 0.801. The van der Waals surface area contributed by atoms with E-state index in [0.29, 0.717) is 17.8 Å². The number of halogens is 1. The van der Waals surface area contributed by atoms with Crippen molar-refractivity contribution in [3.63, 3.8) is 0 Å². The minimum atomic E-state index is -0.387. The van der Waals surface area contributed by atoms with Gasteiger partial charge in [0, 0.05) is 24.3 Å². The van der Waals surface area contributed by atoms with Crippen molar-refractivity contribution in [2.24, 2.45) is 5.73 Å². The number of anilines is 1. The molecule has 0 saturated carbocycles. The van der Waals surface area contributed by atoms with Gasteiger partial charge >= 0.3 is 6.03 Å². The lowest BCUT2D eigenvalue weighted by molar-refractivity contribution is 0.251. The van der Waals surface area contributed by atoms with Crippen LogP contribution in [0.2, 0.25) is 0 Å². The summed E-state index contributed by atoms with van der Waals surface area (Å²) in [5.74, 6) is -0.335. The van der Waals surface area contributed by atoms with Gasteiger partial charge in [-0.2, -0.15) is 0 Å². The molecular formula is C15H16FN3O. The fraction of sp³-hybridized carbons (Fsp3) is 0.133. The third kappa shape index (κ3) is 3.80. The van der Waals surface area contributed by atoms with Crippen LogP contribution in [0.15, 0.2) is 48.5 Å². The van der Waals surface area contributed by atoms with Crippen molar-refractivity contribution in [3.05, 3.63) is 65.5 Å². The summed E-state index contributed by atoms with van der Waals surface area (Å²) < 4.78 is 13.4. The molecule has 2 aromatic rings. The number of benzene rings is 2. The van der Waals surface area contributed by atoms with E-state index in [2.05, 4.69) is 10.6 Å². The van der Waals surface area contributed by atoms with Crippen LogP contribution in [0, 0.1) is 5.82 Å². The Labute approximate surface area is 116 Å². The van der Waals surface area contributed by atoms with E-state index in [0.717, 1.165) is 5.56 Å². The van der Waals surface area contributed by atoms with Crippen LogP contribution in [-0.4, -0.2) is 6.03 Å². The molecule has 0 unspecified atom stereocenters. The highest BCUT2D eigenvalue weighted by molar-refractivity contribution is 5.89. The number of hydrogen-bond acceptors (Lipinski definition) is 2. The predicted octanol–water partition coefficient (Wildman–Crippen LogP) is 2.61. The second-order valence-electron chi connectivity index (χ2n) is 4.30. The molecule has 0 bridgehead atoms. The highest BCUT2D eigenvalue weighted by Gasteiger charge is 2.04. The van der Waals surface area contributed by atoms with Gasteiger partial charge in [-0.3, -0.25) is 0 Å². The van der Waals surface area contributed by atoms with E-state index < -0.39 is 0 Å². The van der Waals surface area contributed by atoms with Crippen LogP contribution in [0.1, 0.15) is 11.1 Å². The Morgan fingerprint density at radius 1 is 1.15 bits per heavy atom. The van der Waals surface area contributed by atoms with Crippen molar-refractivity contribution in [1.29, 1.82) is 0 Å². The van der Waals surface area contributed by atoms with E-state index in [1.54, 1.807) is 30.3 Å². The monoisotopic (exact) mass is 273 g/mol.